The molecule has 114 valence electrons. The van der Waals surface area contributed by atoms with Crippen molar-refractivity contribution in [1.29, 1.82) is 0 Å². The summed E-state index contributed by atoms with van der Waals surface area (Å²) in [6.45, 7) is 4.39. The van der Waals surface area contributed by atoms with Gasteiger partial charge in [0.25, 0.3) is 0 Å². The van der Waals surface area contributed by atoms with Crippen LogP contribution in [0.15, 0.2) is 24.3 Å². The van der Waals surface area contributed by atoms with E-state index in [1.165, 1.54) is 6.42 Å². The van der Waals surface area contributed by atoms with Crippen molar-refractivity contribution < 1.29 is 13.2 Å². The number of halogens is 3. The van der Waals surface area contributed by atoms with Crippen LogP contribution in [0.5, 0.6) is 0 Å². The van der Waals surface area contributed by atoms with Crippen molar-refractivity contribution in [2.24, 2.45) is 5.92 Å². The van der Waals surface area contributed by atoms with Gasteiger partial charge in [0, 0.05) is 6.04 Å². The Morgan fingerprint density at radius 1 is 1.15 bits per heavy atom. The minimum atomic E-state index is -4.25. The molecular weight excluding hydrogens is 263 g/mol. The molecule has 0 spiro atoms. The van der Waals surface area contributed by atoms with E-state index in [-0.39, 0.29) is 0 Å². The summed E-state index contributed by atoms with van der Waals surface area (Å²) in [7, 11) is 1.91. The number of hydrogen-bond acceptors (Lipinski definition) is 1. The van der Waals surface area contributed by atoms with E-state index in [9.17, 15) is 13.2 Å². The first-order valence-corrected chi connectivity index (χ1v) is 7.20. The molecule has 0 saturated carbocycles. The highest BCUT2D eigenvalue weighted by molar-refractivity contribution is 5.25. The largest absolute Gasteiger partial charge is 0.416 e. The van der Waals surface area contributed by atoms with E-state index in [2.05, 4.69) is 19.2 Å². The maximum absolute atomic E-state index is 12.5. The van der Waals surface area contributed by atoms with Crippen molar-refractivity contribution in [3.8, 4) is 0 Å². The zero-order chi connectivity index (χ0) is 15.2. The first kappa shape index (κ1) is 17.0. The van der Waals surface area contributed by atoms with Gasteiger partial charge in [0.05, 0.1) is 5.56 Å². The summed E-state index contributed by atoms with van der Waals surface area (Å²) in [6, 6.07) is 5.80. The Kier molecular flexibility index (Phi) is 6.53. The van der Waals surface area contributed by atoms with Gasteiger partial charge in [-0.1, -0.05) is 38.8 Å². The molecule has 0 amide bonds. The summed E-state index contributed by atoms with van der Waals surface area (Å²) < 4.78 is 37.5. The van der Waals surface area contributed by atoms with Crippen molar-refractivity contribution in [2.45, 2.75) is 51.7 Å². The maximum Gasteiger partial charge on any atom is 0.416 e. The monoisotopic (exact) mass is 287 g/mol. The fourth-order valence-electron chi connectivity index (χ4n) is 2.51. The molecule has 2 atom stereocenters. The SMILES string of the molecule is CCCC(C)CC(Cc1ccc(C(F)(F)F)cc1)NC. The normalized spacial score (nSPS) is 15.1. The van der Waals surface area contributed by atoms with E-state index in [0.29, 0.717) is 12.0 Å². The van der Waals surface area contributed by atoms with E-state index in [0.717, 1.165) is 37.0 Å². The first-order valence-electron chi connectivity index (χ1n) is 7.20. The van der Waals surface area contributed by atoms with Gasteiger partial charge in [0.2, 0.25) is 0 Å². The number of alkyl halides is 3. The first-order chi connectivity index (χ1) is 9.36. The Morgan fingerprint density at radius 3 is 2.20 bits per heavy atom. The lowest BCUT2D eigenvalue weighted by atomic mass is 9.93. The van der Waals surface area contributed by atoms with E-state index in [1.807, 2.05) is 7.05 Å². The number of hydrogen-bond donors (Lipinski definition) is 1. The molecule has 0 aliphatic rings. The van der Waals surface area contributed by atoms with Gasteiger partial charge >= 0.3 is 6.18 Å². The molecule has 1 aromatic rings. The highest BCUT2D eigenvalue weighted by atomic mass is 19.4. The lowest BCUT2D eigenvalue weighted by Gasteiger charge is -2.20. The molecule has 1 nitrogen and oxygen atoms in total. The molecule has 1 aromatic carbocycles. The molecule has 0 heterocycles. The van der Waals surface area contributed by atoms with E-state index in [1.54, 1.807) is 12.1 Å². The quantitative estimate of drug-likeness (QED) is 0.769. The number of rotatable bonds is 7. The summed E-state index contributed by atoms with van der Waals surface area (Å²) in [5.74, 6) is 0.631. The van der Waals surface area contributed by atoms with Crippen molar-refractivity contribution >= 4 is 0 Å². The summed E-state index contributed by atoms with van der Waals surface area (Å²) in [4.78, 5) is 0. The topological polar surface area (TPSA) is 12.0 Å². The van der Waals surface area contributed by atoms with Crippen molar-refractivity contribution in [2.75, 3.05) is 7.05 Å². The van der Waals surface area contributed by atoms with Crippen LogP contribution in [0.2, 0.25) is 0 Å². The predicted molar refractivity (Wildman–Crippen MR) is 76.7 cm³/mol. The minimum absolute atomic E-state index is 0.313. The molecule has 2 unspecified atom stereocenters. The van der Waals surface area contributed by atoms with Gasteiger partial charge in [-0.3, -0.25) is 0 Å². The third kappa shape index (κ3) is 5.53. The van der Waals surface area contributed by atoms with Crippen LogP contribution in [0.25, 0.3) is 0 Å². The molecule has 20 heavy (non-hydrogen) atoms. The molecule has 0 bridgehead atoms. The van der Waals surface area contributed by atoms with Crippen LogP contribution in [0.3, 0.4) is 0 Å². The molecule has 1 N–H and O–H groups in total. The van der Waals surface area contributed by atoms with Crippen LogP contribution in [-0.4, -0.2) is 13.1 Å². The lowest BCUT2D eigenvalue weighted by Crippen LogP contribution is -2.29. The Hall–Kier alpha value is -1.03. The molecule has 0 aromatic heterocycles. The van der Waals surface area contributed by atoms with Crippen molar-refractivity contribution in [3.63, 3.8) is 0 Å². The lowest BCUT2D eigenvalue weighted by molar-refractivity contribution is -0.137. The van der Waals surface area contributed by atoms with Gasteiger partial charge in [0.15, 0.2) is 0 Å². The van der Waals surface area contributed by atoms with Gasteiger partial charge in [-0.05, 0) is 43.5 Å². The van der Waals surface area contributed by atoms with Crippen LogP contribution in [0.1, 0.15) is 44.2 Å². The van der Waals surface area contributed by atoms with Crippen LogP contribution >= 0.6 is 0 Å². The van der Waals surface area contributed by atoms with Gasteiger partial charge < -0.3 is 5.32 Å². The molecule has 4 heteroatoms. The van der Waals surface area contributed by atoms with Gasteiger partial charge in [0.1, 0.15) is 0 Å². The second kappa shape index (κ2) is 7.67. The molecule has 0 radical (unpaired) electrons. The van der Waals surface area contributed by atoms with Gasteiger partial charge in [-0.2, -0.15) is 13.2 Å². The van der Waals surface area contributed by atoms with E-state index in [4.69, 9.17) is 0 Å². The fourth-order valence-corrected chi connectivity index (χ4v) is 2.51. The van der Waals surface area contributed by atoms with Crippen LogP contribution in [0.4, 0.5) is 13.2 Å². The number of likely N-dealkylation sites (N-methyl/N-ethyl adjacent to an activating group) is 1. The Morgan fingerprint density at radius 2 is 1.75 bits per heavy atom. The molecule has 0 aliphatic heterocycles. The Balaban J connectivity index is 2.61. The van der Waals surface area contributed by atoms with Crippen LogP contribution in [-0.2, 0) is 12.6 Å². The zero-order valence-electron chi connectivity index (χ0n) is 12.4. The summed E-state index contributed by atoms with van der Waals surface area (Å²) in [6.07, 6.45) is -0.0896. The third-order valence-electron chi connectivity index (χ3n) is 3.64. The predicted octanol–water partition coefficient (Wildman–Crippen LogP) is 4.66. The van der Waals surface area contributed by atoms with Gasteiger partial charge in [-0.25, -0.2) is 0 Å². The molecule has 0 aliphatic carbocycles. The van der Waals surface area contributed by atoms with Gasteiger partial charge in [-0.15, -0.1) is 0 Å². The zero-order valence-corrected chi connectivity index (χ0v) is 12.4. The number of benzene rings is 1. The Bertz CT molecular complexity index is 384. The minimum Gasteiger partial charge on any atom is -0.317 e. The second-order valence-electron chi connectivity index (χ2n) is 5.51. The molecule has 0 saturated heterocycles. The summed E-state index contributed by atoms with van der Waals surface area (Å²) in [5, 5.41) is 3.26. The molecule has 0 fully saturated rings. The van der Waals surface area contributed by atoms with Crippen LogP contribution in [0, 0.1) is 5.92 Å². The smallest absolute Gasteiger partial charge is 0.317 e. The Labute approximate surface area is 119 Å². The standard InChI is InChI=1S/C16H24F3N/c1-4-5-12(2)10-15(20-3)11-13-6-8-14(9-7-13)16(17,18)19/h6-9,12,15,20H,4-5,10-11H2,1-3H3. The highest BCUT2D eigenvalue weighted by Gasteiger charge is 2.29. The molecular formula is C16H24F3N. The van der Waals surface area contributed by atoms with E-state index >= 15 is 0 Å². The third-order valence-corrected chi connectivity index (χ3v) is 3.64. The van der Waals surface area contributed by atoms with E-state index < -0.39 is 11.7 Å². The molecule has 1 rings (SSSR count). The van der Waals surface area contributed by atoms with Crippen molar-refractivity contribution in [1.82, 2.24) is 5.32 Å². The number of nitrogens with one attached hydrogen (secondary N) is 1. The summed E-state index contributed by atoms with van der Waals surface area (Å²) >= 11 is 0. The maximum atomic E-state index is 12.5. The fraction of sp³-hybridized carbons (Fsp3) is 0.625. The second-order valence-corrected chi connectivity index (χ2v) is 5.51. The van der Waals surface area contributed by atoms with Crippen molar-refractivity contribution in [3.05, 3.63) is 35.4 Å². The van der Waals surface area contributed by atoms with Crippen LogP contribution < -0.4 is 5.32 Å². The summed E-state index contributed by atoms with van der Waals surface area (Å²) in [5.41, 5.74) is 0.364. The highest BCUT2D eigenvalue weighted by Crippen LogP contribution is 2.29. The average molecular weight is 287 g/mol. The average Bonchev–Trinajstić information content (AvgIpc) is 2.37.